The Balaban J connectivity index is 2.12. The van der Waals surface area contributed by atoms with Crippen molar-refractivity contribution < 1.29 is 9.53 Å². The van der Waals surface area contributed by atoms with Gasteiger partial charge in [0.2, 0.25) is 0 Å². The minimum absolute atomic E-state index is 0.0231. The van der Waals surface area contributed by atoms with Crippen LogP contribution in [0.15, 0.2) is 30.9 Å². The molecule has 0 amide bonds. The molecule has 7 heteroatoms. The second kappa shape index (κ2) is 5.61. The minimum atomic E-state index is -0.501. The van der Waals surface area contributed by atoms with Crippen molar-refractivity contribution in [2.75, 3.05) is 0 Å². The Morgan fingerprint density at radius 3 is 2.50 bits per heavy atom. The number of benzene rings is 1. The van der Waals surface area contributed by atoms with Crippen molar-refractivity contribution in [2.24, 2.45) is 0 Å². The summed E-state index contributed by atoms with van der Waals surface area (Å²) in [4.78, 5) is 15.5. The first-order valence-electron chi connectivity index (χ1n) is 4.87. The van der Waals surface area contributed by atoms with Crippen molar-refractivity contribution in [3.63, 3.8) is 0 Å². The van der Waals surface area contributed by atoms with Crippen molar-refractivity contribution >= 4 is 40.8 Å². The lowest BCUT2D eigenvalue weighted by Crippen LogP contribution is -2.15. The Morgan fingerprint density at radius 1 is 1.28 bits per heavy atom. The summed E-state index contributed by atoms with van der Waals surface area (Å²) in [7, 11) is 0. The van der Waals surface area contributed by atoms with E-state index in [0.717, 1.165) is 0 Å². The van der Waals surface area contributed by atoms with Gasteiger partial charge in [-0.15, -0.1) is 0 Å². The van der Waals surface area contributed by atoms with Gasteiger partial charge in [0.1, 0.15) is 6.54 Å². The molecule has 94 valence electrons. The number of halogens is 3. The van der Waals surface area contributed by atoms with E-state index in [9.17, 15) is 4.79 Å². The molecular weight excluding hydrogens is 298 g/mol. The van der Waals surface area contributed by atoms with Crippen LogP contribution in [0.5, 0.6) is 5.75 Å². The minimum Gasteiger partial charge on any atom is -0.422 e. The van der Waals surface area contributed by atoms with Gasteiger partial charge in [-0.25, -0.2) is 9.78 Å². The average Bonchev–Trinajstić information content (AvgIpc) is 2.76. The summed E-state index contributed by atoms with van der Waals surface area (Å²) in [5.74, 6) is -0.396. The fourth-order valence-corrected chi connectivity index (χ4v) is 2.20. The number of nitrogens with zero attached hydrogens (tertiary/aromatic N) is 2. The van der Waals surface area contributed by atoms with Crippen LogP contribution in [-0.4, -0.2) is 15.5 Å². The van der Waals surface area contributed by atoms with Crippen molar-refractivity contribution in [3.8, 4) is 5.75 Å². The molecule has 0 bridgehead atoms. The summed E-state index contributed by atoms with van der Waals surface area (Å²) >= 11 is 17.5. The van der Waals surface area contributed by atoms with E-state index in [4.69, 9.17) is 39.5 Å². The Labute approximate surface area is 118 Å². The van der Waals surface area contributed by atoms with Crippen LogP contribution in [0.25, 0.3) is 0 Å². The van der Waals surface area contributed by atoms with Crippen LogP contribution < -0.4 is 4.74 Å². The molecule has 0 unspecified atom stereocenters. The second-order valence-electron chi connectivity index (χ2n) is 3.41. The molecule has 1 aromatic heterocycles. The second-order valence-corrected chi connectivity index (χ2v) is 4.66. The number of carbonyl (C=O) groups is 1. The van der Waals surface area contributed by atoms with Crippen molar-refractivity contribution in [2.45, 2.75) is 6.54 Å². The zero-order chi connectivity index (χ0) is 13.1. The number of hydrogen-bond acceptors (Lipinski definition) is 3. The summed E-state index contributed by atoms with van der Waals surface area (Å²) in [5, 5.41) is 0.748. The third-order valence-electron chi connectivity index (χ3n) is 2.05. The number of hydrogen-bond donors (Lipinski definition) is 0. The summed E-state index contributed by atoms with van der Waals surface area (Å²) in [5.41, 5.74) is 0. The van der Waals surface area contributed by atoms with Crippen molar-refractivity contribution in [1.29, 1.82) is 0 Å². The first-order valence-corrected chi connectivity index (χ1v) is 6.00. The van der Waals surface area contributed by atoms with Gasteiger partial charge in [-0.1, -0.05) is 34.8 Å². The van der Waals surface area contributed by atoms with Gasteiger partial charge < -0.3 is 9.30 Å². The predicted molar refractivity (Wildman–Crippen MR) is 69.3 cm³/mol. The van der Waals surface area contributed by atoms with Crippen LogP contribution in [-0.2, 0) is 11.3 Å². The maximum atomic E-state index is 11.6. The predicted octanol–water partition coefficient (Wildman–Crippen LogP) is 3.45. The highest BCUT2D eigenvalue weighted by Crippen LogP contribution is 2.35. The molecule has 2 aromatic rings. The smallest absolute Gasteiger partial charge is 0.331 e. The molecule has 1 aromatic carbocycles. The summed E-state index contributed by atoms with van der Waals surface area (Å²) in [6.07, 6.45) is 4.72. The Kier molecular flexibility index (Phi) is 4.11. The molecule has 4 nitrogen and oxygen atoms in total. The molecule has 0 radical (unpaired) electrons. The lowest BCUT2D eigenvalue weighted by atomic mass is 10.3. The van der Waals surface area contributed by atoms with Gasteiger partial charge in [0.05, 0.1) is 16.4 Å². The number of esters is 1. The SMILES string of the molecule is O=C(Cn1ccnc1)Oc1c(Cl)cc(Cl)cc1Cl. The average molecular weight is 306 g/mol. The molecule has 0 saturated carbocycles. The first kappa shape index (κ1) is 13.2. The van der Waals surface area contributed by atoms with Crippen LogP contribution in [0.4, 0.5) is 0 Å². The Bertz CT molecular complexity index is 547. The van der Waals surface area contributed by atoms with Gasteiger partial charge in [-0.05, 0) is 12.1 Å². The third kappa shape index (κ3) is 3.16. The molecule has 0 aliphatic heterocycles. The highest BCUT2D eigenvalue weighted by Gasteiger charge is 2.13. The fourth-order valence-electron chi connectivity index (χ4n) is 1.30. The zero-order valence-corrected chi connectivity index (χ0v) is 11.2. The topological polar surface area (TPSA) is 44.1 Å². The molecule has 0 spiro atoms. The van der Waals surface area contributed by atoms with E-state index >= 15 is 0 Å². The van der Waals surface area contributed by atoms with Crippen LogP contribution in [0, 0.1) is 0 Å². The lowest BCUT2D eigenvalue weighted by molar-refractivity contribution is -0.135. The van der Waals surface area contributed by atoms with Crippen LogP contribution in [0.1, 0.15) is 0 Å². The van der Waals surface area contributed by atoms with Gasteiger partial charge in [0.15, 0.2) is 5.75 Å². The molecule has 2 rings (SSSR count). The van der Waals surface area contributed by atoms with E-state index in [1.165, 1.54) is 18.5 Å². The van der Waals surface area contributed by atoms with Crippen LogP contribution in [0.2, 0.25) is 15.1 Å². The van der Waals surface area contributed by atoms with Gasteiger partial charge in [0, 0.05) is 17.4 Å². The van der Waals surface area contributed by atoms with E-state index in [1.54, 1.807) is 17.0 Å². The molecule has 0 aliphatic carbocycles. The molecule has 0 fully saturated rings. The number of imidazole rings is 1. The van der Waals surface area contributed by atoms with Gasteiger partial charge >= 0.3 is 5.97 Å². The van der Waals surface area contributed by atoms with E-state index < -0.39 is 5.97 Å². The third-order valence-corrected chi connectivity index (χ3v) is 2.83. The van der Waals surface area contributed by atoms with E-state index in [0.29, 0.717) is 5.02 Å². The Hall–Kier alpha value is -1.23. The summed E-state index contributed by atoms with van der Waals surface area (Å²) in [6.45, 7) is 0.0231. The molecule has 18 heavy (non-hydrogen) atoms. The van der Waals surface area contributed by atoms with E-state index in [-0.39, 0.29) is 22.3 Å². The van der Waals surface area contributed by atoms with Crippen molar-refractivity contribution in [3.05, 3.63) is 45.9 Å². The number of carbonyl (C=O) groups excluding carboxylic acids is 1. The molecule has 0 N–H and O–H groups in total. The zero-order valence-electron chi connectivity index (χ0n) is 8.94. The summed E-state index contributed by atoms with van der Waals surface area (Å²) < 4.78 is 6.66. The number of aromatic nitrogens is 2. The maximum Gasteiger partial charge on any atom is 0.331 e. The van der Waals surface area contributed by atoms with Crippen LogP contribution in [0.3, 0.4) is 0 Å². The highest BCUT2D eigenvalue weighted by molar-refractivity contribution is 6.40. The highest BCUT2D eigenvalue weighted by atomic mass is 35.5. The van der Waals surface area contributed by atoms with E-state index in [1.807, 2.05) is 0 Å². The molecule has 0 saturated heterocycles. The van der Waals surface area contributed by atoms with Gasteiger partial charge in [-0.3, -0.25) is 0 Å². The van der Waals surface area contributed by atoms with Crippen molar-refractivity contribution in [1.82, 2.24) is 9.55 Å². The first-order chi connectivity index (χ1) is 8.56. The van der Waals surface area contributed by atoms with Gasteiger partial charge in [0.25, 0.3) is 0 Å². The molecular formula is C11H7Cl3N2O2. The fraction of sp³-hybridized carbons (Fsp3) is 0.0909. The monoisotopic (exact) mass is 304 g/mol. The number of rotatable bonds is 3. The van der Waals surface area contributed by atoms with E-state index in [2.05, 4.69) is 4.98 Å². The van der Waals surface area contributed by atoms with Crippen LogP contribution >= 0.6 is 34.8 Å². The molecule has 0 atom stereocenters. The largest absolute Gasteiger partial charge is 0.422 e. The molecule has 1 heterocycles. The quantitative estimate of drug-likeness (QED) is 0.644. The lowest BCUT2D eigenvalue weighted by Gasteiger charge is -2.08. The number of ether oxygens (including phenoxy) is 1. The summed E-state index contributed by atoms with van der Waals surface area (Å²) in [6, 6.07) is 2.91. The Morgan fingerprint density at radius 2 is 1.94 bits per heavy atom. The standard InChI is InChI=1S/C11H7Cl3N2O2/c12-7-3-8(13)11(9(14)4-7)18-10(17)5-16-2-1-15-6-16/h1-4,6H,5H2. The normalized spacial score (nSPS) is 10.4. The van der Waals surface area contributed by atoms with Gasteiger partial charge in [-0.2, -0.15) is 0 Å². The maximum absolute atomic E-state index is 11.6. The molecule has 0 aliphatic rings.